The van der Waals surface area contributed by atoms with Crippen LogP contribution in [-0.4, -0.2) is 31.2 Å². The number of fused-ring (bicyclic) bond motifs is 1. The fourth-order valence-electron chi connectivity index (χ4n) is 3.79. The van der Waals surface area contributed by atoms with Crippen LogP contribution in [-0.2, 0) is 9.53 Å². The first-order valence-electron chi connectivity index (χ1n) is 9.14. The SMILES string of the molecule is CCN(CC)c1ccccc1C1C(C(=O)OC)=C(C)Nc2cc[nH]c(=O)c21. The molecule has 0 radical (unpaired) electrons. The molecule has 1 aromatic heterocycles. The summed E-state index contributed by atoms with van der Waals surface area (Å²) in [5, 5.41) is 3.19. The van der Waals surface area contributed by atoms with E-state index >= 15 is 0 Å². The monoisotopic (exact) mass is 367 g/mol. The van der Waals surface area contributed by atoms with E-state index in [0.717, 1.165) is 24.3 Å². The highest BCUT2D eigenvalue weighted by molar-refractivity contribution is 5.95. The van der Waals surface area contributed by atoms with Gasteiger partial charge in [-0.2, -0.15) is 0 Å². The number of ether oxygens (including phenoxy) is 1. The summed E-state index contributed by atoms with van der Waals surface area (Å²) in [5.41, 5.74) is 4.11. The third kappa shape index (κ3) is 3.23. The number of hydrogen-bond acceptors (Lipinski definition) is 5. The maximum atomic E-state index is 12.7. The largest absolute Gasteiger partial charge is 0.466 e. The molecule has 0 bridgehead atoms. The standard InChI is InChI=1S/C21H25N3O3/c1-5-24(6-2)16-10-8-7-9-14(16)18-17(21(26)27-4)13(3)23-15-11-12-22-20(25)19(15)18/h7-12,18,23H,5-6H2,1-4H3,(H,22,25). The predicted molar refractivity (Wildman–Crippen MR) is 107 cm³/mol. The van der Waals surface area contributed by atoms with Crippen LogP contribution < -0.4 is 15.8 Å². The number of benzene rings is 1. The molecule has 1 aliphatic heterocycles. The van der Waals surface area contributed by atoms with Crippen molar-refractivity contribution >= 4 is 17.3 Å². The van der Waals surface area contributed by atoms with Crippen LogP contribution in [0.2, 0.25) is 0 Å². The smallest absolute Gasteiger partial charge is 0.336 e. The first-order chi connectivity index (χ1) is 13.0. The van der Waals surface area contributed by atoms with Gasteiger partial charge in [0.15, 0.2) is 0 Å². The second-order valence-corrected chi connectivity index (χ2v) is 6.45. The summed E-state index contributed by atoms with van der Waals surface area (Å²) < 4.78 is 5.06. The van der Waals surface area contributed by atoms with E-state index in [-0.39, 0.29) is 5.56 Å². The van der Waals surface area contributed by atoms with Crippen molar-refractivity contribution < 1.29 is 9.53 Å². The Morgan fingerprint density at radius 2 is 1.89 bits per heavy atom. The molecule has 1 aliphatic rings. The van der Waals surface area contributed by atoms with E-state index in [1.807, 2.05) is 37.3 Å². The zero-order chi connectivity index (χ0) is 19.6. The van der Waals surface area contributed by atoms with Crippen LogP contribution in [0.5, 0.6) is 0 Å². The Labute approximate surface area is 158 Å². The van der Waals surface area contributed by atoms with Gasteiger partial charge in [-0.25, -0.2) is 4.79 Å². The van der Waals surface area contributed by atoms with E-state index in [4.69, 9.17) is 4.74 Å². The van der Waals surface area contributed by atoms with Gasteiger partial charge in [0.25, 0.3) is 5.56 Å². The van der Waals surface area contributed by atoms with E-state index in [1.54, 1.807) is 6.20 Å². The Hall–Kier alpha value is -3.02. The molecule has 0 aliphatic carbocycles. The summed E-state index contributed by atoms with van der Waals surface area (Å²) >= 11 is 0. The van der Waals surface area contributed by atoms with E-state index in [1.165, 1.54) is 7.11 Å². The van der Waals surface area contributed by atoms with Crippen molar-refractivity contribution in [3.63, 3.8) is 0 Å². The van der Waals surface area contributed by atoms with Gasteiger partial charge >= 0.3 is 5.97 Å². The minimum atomic E-state index is -0.504. The van der Waals surface area contributed by atoms with Crippen LogP contribution >= 0.6 is 0 Å². The molecule has 0 fully saturated rings. The summed E-state index contributed by atoms with van der Waals surface area (Å²) in [6.07, 6.45) is 1.61. The fraction of sp³-hybridized carbons (Fsp3) is 0.333. The molecule has 142 valence electrons. The molecule has 2 aromatic rings. The summed E-state index contributed by atoms with van der Waals surface area (Å²) in [6, 6.07) is 9.75. The lowest BCUT2D eigenvalue weighted by molar-refractivity contribution is -0.136. The van der Waals surface area contributed by atoms with E-state index < -0.39 is 11.9 Å². The quantitative estimate of drug-likeness (QED) is 0.794. The van der Waals surface area contributed by atoms with Crippen molar-refractivity contribution in [1.29, 1.82) is 0 Å². The van der Waals surface area contributed by atoms with Gasteiger partial charge in [0.1, 0.15) is 0 Å². The molecule has 0 amide bonds. The Bertz CT molecular complexity index is 942. The van der Waals surface area contributed by atoms with Gasteiger partial charge in [-0.05, 0) is 38.5 Å². The van der Waals surface area contributed by atoms with Crippen LogP contribution in [0.1, 0.15) is 37.8 Å². The summed E-state index contributed by atoms with van der Waals surface area (Å²) in [6.45, 7) is 7.67. The minimum Gasteiger partial charge on any atom is -0.466 e. The molecule has 3 rings (SSSR count). The molecule has 2 N–H and O–H groups in total. The number of anilines is 2. The van der Waals surface area contributed by atoms with E-state index in [2.05, 4.69) is 29.0 Å². The third-order valence-electron chi connectivity index (χ3n) is 5.06. The number of carbonyl (C=O) groups excluding carboxylic acids is 1. The molecule has 2 heterocycles. The lowest BCUT2D eigenvalue weighted by atomic mass is 9.80. The number of allylic oxidation sites excluding steroid dienone is 1. The van der Waals surface area contributed by atoms with Crippen LogP contribution in [0.3, 0.4) is 0 Å². The van der Waals surface area contributed by atoms with Crippen LogP contribution in [0.4, 0.5) is 11.4 Å². The molecule has 1 unspecified atom stereocenters. The normalized spacial score (nSPS) is 15.8. The molecule has 0 saturated carbocycles. The van der Waals surface area contributed by atoms with Gasteiger partial charge in [-0.1, -0.05) is 18.2 Å². The molecule has 0 spiro atoms. The van der Waals surface area contributed by atoms with Gasteiger partial charge in [-0.15, -0.1) is 0 Å². The molecule has 27 heavy (non-hydrogen) atoms. The number of nitrogens with one attached hydrogen (secondary N) is 2. The number of rotatable bonds is 5. The minimum absolute atomic E-state index is 0.215. The Balaban J connectivity index is 2.32. The van der Waals surface area contributed by atoms with Gasteiger partial charge < -0.3 is 19.9 Å². The molecule has 6 nitrogen and oxygen atoms in total. The maximum Gasteiger partial charge on any atom is 0.336 e. The van der Waals surface area contributed by atoms with Crippen molar-refractivity contribution in [3.8, 4) is 0 Å². The molecule has 1 aromatic carbocycles. The van der Waals surface area contributed by atoms with Gasteiger partial charge in [-0.3, -0.25) is 4.79 Å². The van der Waals surface area contributed by atoms with Crippen LogP contribution in [0.25, 0.3) is 0 Å². The number of hydrogen-bond donors (Lipinski definition) is 2. The van der Waals surface area contributed by atoms with Gasteiger partial charge in [0.05, 0.1) is 24.2 Å². The highest BCUT2D eigenvalue weighted by Gasteiger charge is 2.36. The van der Waals surface area contributed by atoms with Crippen molar-refractivity contribution in [2.75, 3.05) is 30.4 Å². The number of esters is 1. The zero-order valence-electron chi connectivity index (χ0n) is 16.1. The number of nitrogens with zero attached hydrogens (tertiary/aromatic N) is 1. The third-order valence-corrected chi connectivity index (χ3v) is 5.06. The topological polar surface area (TPSA) is 74.4 Å². The lowest BCUT2D eigenvalue weighted by Crippen LogP contribution is -2.31. The predicted octanol–water partition coefficient (Wildman–Crippen LogP) is 3.23. The lowest BCUT2D eigenvalue weighted by Gasteiger charge is -2.32. The Morgan fingerprint density at radius 1 is 1.19 bits per heavy atom. The summed E-state index contributed by atoms with van der Waals surface area (Å²) in [7, 11) is 1.36. The summed E-state index contributed by atoms with van der Waals surface area (Å²) in [4.78, 5) is 30.4. The number of carbonyl (C=O) groups is 1. The number of para-hydroxylation sites is 1. The molecular weight excluding hydrogens is 342 g/mol. The van der Waals surface area contributed by atoms with Crippen molar-refractivity contribution in [2.45, 2.75) is 26.7 Å². The average molecular weight is 367 g/mol. The molecule has 1 atom stereocenters. The van der Waals surface area contributed by atoms with Crippen LogP contribution in [0.15, 0.2) is 52.6 Å². The first kappa shape index (κ1) is 18.8. The number of aromatic nitrogens is 1. The Morgan fingerprint density at radius 3 is 2.56 bits per heavy atom. The highest BCUT2D eigenvalue weighted by Crippen LogP contribution is 2.43. The van der Waals surface area contributed by atoms with E-state index in [9.17, 15) is 9.59 Å². The second kappa shape index (κ2) is 7.70. The number of methoxy groups -OCH3 is 1. The summed E-state index contributed by atoms with van der Waals surface area (Å²) in [5.74, 6) is -0.941. The van der Waals surface area contributed by atoms with Gasteiger partial charge in [0, 0.05) is 36.4 Å². The molecular formula is C21H25N3O3. The second-order valence-electron chi connectivity index (χ2n) is 6.45. The average Bonchev–Trinajstić information content (AvgIpc) is 2.68. The van der Waals surface area contributed by atoms with Gasteiger partial charge in [0.2, 0.25) is 0 Å². The van der Waals surface area contributed by atoms with Crippen LogP contribution in [0, 0.1) is 0 Å². The Kier molecular flexibility index (Phi) is 5.35. The number of pyridine rings is 1. The van der Waals surface area contributed by atoms with E-state index in [0.29, 0.717) is 22.5 Å². The maximum absolute atomic E-state index is 12.7. The highest BCUT2D eigenvalue weighted by atomic mass is 16.5. The van der Waals surface area contributed by atoms with Crippen molar-refractivity contribution in [3.05, 3.63) is 69.3 Å². The first-order valence-corrected chi connectivity index (χ1v) is 9.14. The zero-order valence-corrected chi connectivity index (χ0v) is 16.1. The number of aromatic amines is 1. The fourth-order valence-corrected chi connectivity index (χ4v) is 3.79. The van der Waals surface area contributed by atoms with Crippen molar-refractivity contribution in [1.82, 2.24) is 4.98 Å². The number of H-pyrrole nitrogens is 1. The van der Waals surface area contributed by atoms with Crippen molar-refractivity contribution in [2.24, 2.45) is 0 Å². The molecule has 6 heteroatoms. The molecule has 0 saturated heterocycles.